The van der Waals surface area contributed by atoms with E-state index in [4.69, 9.17) is 29.5 Å². The summed E-state index contributed by atoms with van der Waals surface area (Å²) in [5, 5.41) is 17.5. The van der Waals surface area contributed by atoms with Crippen molar-refractivity contribution in [2.24, 2.45) is 11.3 Å². The molecule has 8 heteroatoms. The van der Waals surface area contributed by atoms with Crippen LogP contribution in [-0.2, 0) is 28.8 Å². The van der Waals surface area contributed by atoms with Gasteiger partial charge in [0.15, 0.2) is 6.29 Å². The molecule has 0 saturated heterocycles. The van der Waals surface area contributed by atoms with Gasteiger partial charge in [-0.1, -0.05) is 19.1 Å². The molecule has 0 aliphatic carbocycles. The Hall–Kier alpha value is -1.48. The monoisotopic (exact) mass is 362 g/mol. The summed E-state index contributed by atoms with van der Waals surface area (Å²) in [4.78, 5) is 33.9. The first-order valence-corrected chi connectivity index (χ1v) is 8.19. The molecule has 0 amide bonds. The first-order chi connectivity index (χ1) is 11.6. The topological polar surface area (TPSA) is 112 Å². The fraction of sp³-hybridized carbons (Fsp3) is 0.765. The number of rotatable bonds is 13. The van der Waals surface area contributed by atoms with E-state index in [0.29, 0.717) is 6.42 Å². The standard InChI is InChI=1S/C17H30O8/c1-6-17(4,5)16(21)23-10-13(11-25-24-9-12(2)3)15(20)22-8-7-14(18)19/h13-14,18-19H,2,6-11H2,1,3-5H3. The maximum absolute atomic E-state index is 12.1. The van der Waals surface area contributed by atoms with E-state index >= 15 is 0 Å². The van der Waals surface area contributed by atoms with Gasteiger partial charge in [-0.05, 0) is 27.2 Å². The minimum absolute atomic E-state index is 0.117. The van der Waals surface area contributed by atoms with Crippen LogP contribution in [0.1, 0.15) is 40.5 Å². The van der Waals surface area contributed by atoms with Crippen molar-refractivity contribution >= 4 is 11.9 Å². The third-order valence-electron chi connectivity index (χ3n) is 3.46. The van der Waals surface area contributed by atoms with Gasteiger partial charge in [-0.15, -0.1) is 0 Å². The molecule has 0 radical (unpaired) electrons. The van der Waals surface area contributed by atoms with E-state index in [0.717, 1.165) is 5.57 Å². The van der Waals surface area contributed by atoms with Crippen LogP contribution in [0.2, 0.25) is 0 Å². The van der Waals surface area contributed by atoms with Gasteiger partial charge in [0.2, 0.25) is 0 Å². The minimum Gasteiger partial charge on any atom is -0.465 e. The fourth-order valence-electron chi connectivity index (χ4n) is 1.36. The molecule has 1 atom stereocenters. The van der Waals surface area contributed by atoms with Crippen LogP contribution in [0.25, 0.3) is 0 Å². The number of carbonyl (C=O) groups is 2. The third-order valence-corrected chi connectivity index (χ3v) is 3.46. The summed E-state index contributed by atoms with van der Waals surface area (Å²) in [5.41, 5.74) is 0.0828. The molecule has 146 valence electrons. The second kappa shape index (κ2) is 12.0. The number of aliphatic hydroxyl groups is 2. The first-order valence-electron chi connectivity index (χ1n) is 8.19. The molecule has 0 aliphatic rings. The summed E-state index contributed by atoms with van der Waals surface area (Å²) in [5.74, 6) is -2.00. The van der Waals surface area contributed by atoms with Crippen LogP contribution < -0.4 is 0 Å². The van der Waals surface area contributed by atoms with Crippen molar-refractivity contribution in [1.82, 2.24) is 0 Å². The highest BCUT2D eigenvalue weighted by Crippen LogP contribution is 2.22. The molecule has 0 bridgehead atoms. The summed E-state index contributed by atoms with van der Waals surface area (Å²) in [6.45, 7) is 10.4. The van der Waals surface area contributed by atoms with Crippen molar-refractivity contribution in [2.75, 3.05) is 26.4 Å². The summed E-state index contributed by atoms with van der Waals surface area (Å²) in [7, 11) is 0. The Morgan fingerprint density at radius 3 is 2.28 bits per heavy atom. The van der Waals surface area contributed by atoms with Crippen LogP contribution >= 0.6 is 0 Å². The second-order valence-electron chi connectivity index (χ2n) is 6.47. The van der Waals surface area contributed by atoms with E-state index in [9.17, 15) is 9.59 Å². The SMILES string of the molecule is C=C(C)COOCC(COC(=O)C(C)(C)CC)C(=O)OCCC(O)O. The minimum atomic E-state index is -1.57. The lowest BCUT2D eigenvalue weighted by Crippen LogP contribution is -2.33. The lowest BCUT2D eigenvalue weighted by molar-refractivity contribution is -0.295. The molecule has 1 unspecified atom stereocenters. The van der Waals surface area contributed by atoms with Gasteiger partial charge in [0.25, 0.3) is 0 Å². The maximum Gasteiger partial charge on any atom is 0.314 e. The van der Waals surface area contributed by atoms with E-state index in [1.165, 1.54) is 0 Å². The van der Waals surface area contributed by atoms with E-state index in [2.05, 4.69) is 6.58 Å². The molecule has 25 heavy (non-hydrogen) atoms. The van der Waals surface area contributed by atoms with Crippen molar-refractivity contribution in [1.29, 1.82) is 0 Å². The number of esters is 2. The van der Waals surface area contributed by atoms with Gasteiger partial charge in [-0.3, -0.25) is 9.59 Å². The summed E-state index contributed by atoms with van der Waals surface area (Å²) < 4.78 is 10.1. The molecule has 0 spiro atoms. The molecule has 2 N–H and O–H groups in total. The molecule has 0 fully saturated rings. The molecular weight excluding hydrogens is 332 g/mol. The Morgan fingerprint density at radius 1 is 1.12 bits per heavy atom. The first kappa shape index (κ1) is 23.5. The van der Waals surface area contributed by atoms with Crippen molar-refractivity contribution in [2.45, 2.75) is 46.8 Å². The van der Waals surface area contributed by atoms with Gasteiger partial charge in [-0.2, -0.15) is 0 Å². The van der Waals surface area contributed by atoms with Gasteiger partial charge in [0.1, 0.15) is 19.1 Å². The number of ether oxygens (including phenoxy) is 2. The van der Waals surface area contributed by atoms with Crippen molar-refractivity contribution in [3.63, 3.8) is 0 Å². The number of hydrogen-bond acceptors (Lipinski definition) is 8. The zero-order valence-corrected chi connectivity index (χ0v) is 15.4. The number of hydrogen-bond donors (Lipinski definition) is 2. The quantitative estimate of drug-likeness (QED) is 0.126. The van der Waals surface area contributed by atoms with Crippen LogP contribution in [0.4, 0.5) is 0 Å². The fourth-order valence-corrected chi connectivity index (χ4v) is 1.36. The van der Waals surface area contributed by atoms with Gasteiger partial charge < -0.3 is 19.7 Å². The lowest BCUT2D eigenvalue weighted by atomic mass is 9.91. The Balaban J connectivity index is 4.57. The molecule has 8 nitrogen and oxygen atoms in total. The van der Waals surface area contributed by atoms with Gasteiger partial charge in [-0.25, -0.2) is 9.78 Å². The highest BCUT2D eigenvalue weighted by molar-refractivity contribution is 5.77. The largest absolute Gasteiger partial charge is 0.465 e. The third kappa shape index (κ3) is 10.9. The highest BCUT2D eigenvalue weighted by Gasteiger charge is 2.30. The Morgan fingerprint density at radius 2 is 1.76 bits per heavy atom. The van der Waals surface area contributed by atoms with E-state index in [-0.39, 0.29) is 32.8 Å². The van der Waals surface area contributed by atoms with Gasteiger partial charge in [0.05, 0.1) is 18.6 Å². The normalized spacial score (nSPS) is 12.8. The lowest BCUT2D eigenvalue weighted by Gasteiger charge is -2.22. The average molecular weight is 362 g/mol. The van der Waals surface area contributed by atoms with Crippen LogP contribution in [0, 0.1) is 11.3 Å². The van der Waals surface area contributed by atoms with E-state index in [1.807, 2.05) is 6.92 Å². The molecule has 0 saturated carbocycles. The van der Waals surface area contributed by atoms with Crippen molar-refractivity contribution < 1.29 is 39.1 Å². The van der Waals surface area contributed by atoms with Gasteiger partial charge >= 0.3 is 11.9 Å². The molecule has 0 aromatic heterocycles. The molecular formula is C17H30O8. The predicted molar refractivity (Wildman–Crippen MR) is 89.0 cm³/mol. The smallest absolute Gasteiger partial charge is 0.314 e. The molecule has 0 rings (SSSR count). The second-order valence-corrected chi connectivity index (χ2v) is 6.47. The summed E-state index contributed by atoms with van der Waals surface area (Å²) in [6.07, 6.45) is -1.09. The van der Waals surface area contributed by atoms with Crippen molar-refractivity contribution in [3.8, 4) is 0 Å². The average Bonchev–Trinajstić information content (AvgIpc) is 2.52. The Bertz CT molecular complexity index is 430. The summed E-state index contributed by atoms with van der Waals surface area (Å²) >= 11 is 0. The van der Waals surface area contributed by atoms with Crippen LogP contribution in [-0.4, -0.2) is 54.9 Å². The zero-order chi connectivity index (χ0) is 19.5. The number of aliphatic hydroxyl groups excluding tert-OH is 1. The zero-order valence-electron chi connectivity index (χ0n) is 15.4. The van der Waals surface area contributed by atoms with Crippen LogP contribution in [0.15, 0.2) is 12.2 Å². The molecule has 0 aromatic rings. The molecule has 0 heterocycles. The van der Waals surface area contributed by atoms with Crippen molar-refractivity contribution in [3.05, 3.63) is 12.2 Å². The van der Waals surface area contributed by atoms with Crippen LogP contribution in [0.5, 0.6) is 0 Å². The predicted octanol–water partition coefficient (Wildman–Crippen LogP) is 1.35. The maximum atomic E-state index is 12.1. The van der Waals surface area contributed by atoms with Crippen LogP contribution in [0.3, 0.4) is 0 Å². The molecule has 0 aliphatic heterocycles. The van der Waals surface area contributed by atoms with E-state index < -0.39 is 29.6 Å². The van der Waals surface area contributed by atoms with Gasteiger partial charge in [0, 0.05) is 6.42 Å². The highest BCUT2D eigenvalue weighted by atomic mass is 17.2. The Kier molecular flexibility index (Phi) is 11.3. The Labute approximate surface area is 148 Å². The summed E-state index contributed by atoms with van der Waals surface area (Å²) in [6, 6.07) is 0. The van der Waals surface area contributed by atoms with E-state index in [1.54, 1.807) is 20.8 Å². The number of carbonyl (C=O) groups excluding carboxylic acids is 2. The molecule has 0 aromatic carbocycles.